The minimum Gasteiger partial charge on any atom is -0.355 e. The van der Waals surface area contributed by atoms with Crippen molar-refractivity contribution in [2.24, 2.45) is 0 Å². The zero-order chi connectivity index (χ0) is 20.8. The molecule has 1 N–H and O–H groups in total. The van der Waals surface area contributed by atoms with Crippen molar-refractivity contribution in [3.05, 3.63) is 78.1 Å². The Hall–Kier alpha value is -3.54. The number of nitrogens with one attached hydrogen (secondary N) is 1. The topological polar surface area (TPSA) is 71.0 Å². The number of carbonyl (C=O) groups is 1. The number of amides is 1. The van der Waals surface area contributed by atoms with Gasteiger partial charge in [-0.3, -0.25) is 9.78 Å². The quantitative estimate of drug-likeness (QED) is 0.663. The molecule has 0 radical (unpaired) electrons. The zero-order valence-electron chi connectivity index (χ0n) is 17.0. The van der Waals surface area contributed by atoms with Gasteiger partial charge in [0.2, 0.25) is 5.91 Å². The number of aryl methyl sites for hydroxylation is 1. The van der Waals surface area contributed by atoms with Crippen molar-refractivity contribution in [2.45, 2.75) is 25.8 Å². The fourth-order valence-corrected chi connectivity index (χ4v) is 3.65. The van der Waals surface area contributed by atoms with Gasteiger partial charge >= 0.3 is 0 Å². The van der Waals surface area contributed by atoms with Gasteiger partial charge in [0.25, 0.3) is 0 Å². The van der Waals surface area contributed by atoms with Gasteiger partial charge in [-0.25, -0.2) is 0 Å². The molecule has 1 amide bonds. The number of hydrogen-bond acceptors (Lipinski definition) is 5. The smallest absolute Gasteiger partial charge is 0.244 e. The molecule has 1 aliphatic rings. The molecule has 1 fully saturated rings. The second kappa shape index (κ2) is 9.31. The molecule has 3 aromatic rings. The van der Waals surface area contributed by atoms with E-state index in [-0.39, 0.29) is 11.9 Å². The summed E-state index contributed by atoms with van der Waals surface area (Å²) in [6.07, 6.45) is 8.56. The second-order valence-electron chi connectivity index (χ2n) is 7.48. The largest absolute Gasteiger partial charge is 0.355 e. The van der Waals surface area contributed by atoms with Crippen LogP contribution in [0.2, 0.25) is 0 Å². The highest BCUT2D eigenvalue weighted by Gasteiger charge is 2.21. The maximum Gasteiger partial charge on any atom is 0.244 e. The van der Waals surface area contributed by atoms with Crippen LogP contribution >= 0.6 is 0 Å². The maximum absolute atomic E-state index is 12.2. The Kier molecular flexibility index (Phi) is 6.13. The molecule has 2 aromatic heterocycles. The maximum atomic E-state index is 12.2. The third kappa shape index (κ3) is 4.89. The first-order valence-electron chi connectivity index (χ1n) is 10.2. The lowest BCUT2D eigenvalue weighted by molar-refractivity contribution is -0.117. The van der Waals surface area contributed by atoms with E-state index in [9.17, 15) is 4.79 Å². The SMILES string of the molecule is Cc1ccccc1-c1ccc(N2CCC(NC(=O)/C=C/c3cccnc3)CC2)nn1. The number of benzene rings is 1. The average molecular weight is 399 g/mol. The molecule has 0 aliphatic carbocycles. The lowest BCUT2D eigenvalue weighted by Crippen LogP contribution is -2.44. The summed E-state index contributed by atoms with van der Waals surface area (Å²) in [6.45, 7) is 3.77. The molecule has 0 bridgehead atoms. The third-order valence-corrected chi connectivity index (χ3v) is 5.35. The summed E-state index contributed by atoms with van der Waals surface area (Å²) in [5.41, 5.74) is 4.10. The van der Waals surface area contributed by atoms with Gasteiger partial charge in [0, 0.05) is 43.2 Å². The number of aromatic nitrogens is 3. The first-order valence-corrected chi connectivity index (χ1v) is 10.2. The number of carbonyl (C=O) groups excluding carboxylic acids is 1. The number of piperidine rings is 1. The van der Waals surface area contributed by atoms with E-state index < -0.39 is 0 Å². The van der Waals surface area contributed by atoms with Gasteiger partial charge in [-0.1, -0.05) is 30.3 Å². The summed E-state index contributed by atoms with van der Waals surface area (Å²) < 4.78 is 0. The van der Waals surface area contributed by atoms with E-state index in [1.807, 2.05) is 36.4 Å². The molecule has 0 saturated carbocycles. The Bertz CT molecular complexity index is 1010. The number of rotatable bonds is 5. The van der Waals surface area contributed by atoms with Crippen molar-refractivity contribution < 1.29 is 4.79 Å². The number of nitrogens with zero attached hydrogens (tertiary/aromatic N) is 4. The van der Waals surface area contributed by atoms with E-state index >= 15 is 0 Å². The summed E-state index contributed by atoms with van der Waals surface area (Å²) in [7, 11) is 0. The number of anilines is 1. The molecule has 1 aromatic carbocycles. The van der Waals surface area contributed by atoms with Gasteiger partial charge in [-0.15, -0.1) is 10.2 Å². The Morgan fingerprint density at radius 3 is 2.60 bits per heavy atom. The summed E-state index contributed by atoms with van der Waals surface area (Å²) in [5.74, 6) is 0.813. The molecule has 1 saturated heterocycles. The lowest BCUT2D eigenvalue weighted by atomic mass is 10.0. The minimum absolute atomic E-state index is 0.0697. The molecule has 0 unspecified atom stereocenters. The monoisotopic (exact) mass is 399 g/mol. The average Bonchev–Trinajstić information content (AvgIpc) is 2.79. The van der Waals surface area contributed by atoms with Crippen LogP contribution < -0.4 is 10.2 Å². The highest BCUT2D eigenvalue weighted by molar-refractivity contribution is 5.91. The van der Waals surface area contributed by atoms with Crippen LogP contribution in [-0.2, 0) is 4.79 Å². The highest BCUT2D eigenvalue weighted by Crippen LogP contribution is 2.23. The van der Waals surface area contributed by atoms with E-state index in [0.29, 0.717) is 0 Å². The molecule has 3 heterocycles. The molecule has 0 spiro atoms. The molecule has 1 aliphatic heterocycles. The Labute approximate surface area is 176 Å². The van der Waals surface area contributed by atoms with E-state index in [1.165, 1.54) is 5.56 Å². The Morgan fingerprint density at radius 1 is 1.07 bits per heavy atom. The summed E-state index contributed by atoms with van der Waals surface area (Å²) in [6, 6.07) is 16.2. The van der Waals surface area contributed by atoms with Gasteiger partial charge in [-0.05, 0) is 55.2 Å². The van der Waals surface area contributed by atoms with Gasteiger partial charge in [-0.2, -0.15) is 0 Å². The fraction of sp³-hybridized carbons (Fsp3) is 0.250. The van der Waals surface area contributed by atoms with Crippen molar-refractivity contribution in [3.63, 3.8) is 0 Å². The van der Waals surface area contributed by atoms with E-state index in [1.54, 1.807) is 24.5 Å². The summed E-state index contributed by atoms with van der Waals surface area (Å²) in [5, 5.41) is 12.0. The van der Waals surface area contributed by atoms with Crippen LogP contribution in [-0.4, -0.2) is 40.2 Å². The summed E-state index contributed by atoms with van der Waals surface area (Å²) in [4.78, 5) is 18.4. The van der Waals surface area contributed by atoms with E-state index in [0.717, 1.165) is 48.6 Å². The number of hydrogen-bond donors (Lipinski definition) is 1. The van der Waals surface area contributed by atoms with Gasteiger partial charge in [0.15, 0.2) is 5.82 Å². The molecule has 6 heteroatoms. The van der Waals surface area contributed by atoms with Crippen LogP contribution in [0.3, 0.4) is 0 Å². The van der Waals surface area contributed by atoms with Crippen LogP contribution in [0.15, 0.2) is 67.0 Å². The Morgan fingerprint density at radius 2 is 1.90 bits per heavy atom. The standard InChI is InChI=1S/C24H25N5O/c1-18-5-2-3-7-21(18)22-9-10-23(28-27-22)29-15-12-20(13-16-29)26-24(30)11-8-19-6-4-14-25-17-19/h2-11,14,17,20H,12-13,15-16H2,1H3,(H,26,30)/b11-8+. The predicted molar refractivity (Wildman–Crippen MR) is 119 cm³/mol. The van der Waals surface area contributed by atoms with Gasteiger partial charge < -0.3 is 10.2 Å². The second-order valence-corrected chi connectivity index (χ2v) is 7.48. The molecule has 6 nitrogen and oxygen atoms in total. The minimum atomic E-state index is -0.0697. The van der Waals surface area contributed by atoms with Crippen LogP contribution in [0.4, 0.5) is 5.82 Å². The van der Waals surface area contributed by atoms with Crippen molar-refractivity contribution in [1.82, 2.24) is 20.5 Å². The lowest BCUT2D eigenvalue weighted by Gasteiger charge is -2.32. The molecule has 152 valence electrons. The number of pyridine rings is 1. The van der Waals surface area contributed by atoms with Gasteiger partial charge in [0.1, 0.15) is 0 Å². The van der Waals surface area contributed by atoms with Crippen LogP contribution in [0.5, 0.6) is 0 Å². The van der Waals surface area contributed by atoms with E-state index in [2.05, 4.69) is 44.5 Å². The van der Waals surface area contributed by atoms with Gasteiger partial charge in [0.05, 0.1) is 5.69 Å². The molecule has 0 atom stereocenters. The van der Waals surface area contributed by atoms with Crippen molar-refractivity contribution in [3.8, 4) is 11.3 Å². The first-order chi connectivity index (χ1) is 14.7. The molecule has 4 rings (SSSR count). The van der Waals surface area contributed by atoms with E-state index in [4.69, 9.17) is 0 Å². The third-order valence-electron chi connectivity index (χ3n) is 5.35. The molecule has 30 heavy (non-hydrogen) atoms. The predicted octanol–water partition coefficient (Wildman–Crippen LogP) is 3.65. The van der Waals surface area contributed by atoms with Crippen molar-refractivity contribution in [1.29, 1.82) is 0 Å². The summed E-state index contributed by atoms with van der Waals surface area (Å²) >= 11 is 0. The van der Waals surface area contributed by atoms with Crippen LogP contribution in [0.25, 0.3) is 17.3 Å². The van der Waals surface area contributed by atoms with Crippen LogP contribution in [0.1, 0.15) is 24.0 Å². The normalized spacial score (nSPS) is 14.8. The highest BCUT2D eigenvalue weighted by atomic mass is 16.1. The zero-order valence-corrected chi connectivity index (χ0v) is 17.0. The molecular formula is C24H25N5O. The molecular weight excluding hydrogens is 374 g/mol. The van der Waals surface area contributed by atoms with Crippen molar-refractivity contribution >= 4 is 17.8 Å². The Balaban J connectivity index is 1.30. The first kappa shape index (κ1) is 19.8. The fourth-order valence-electron chi connectivity index (χ4n) is 3.65. The van der Waals surface area contributed by atoms with Crippen LogP contribution in [0, 0.1) is 6.92 Å². The van der Waals surface area contributed by atoms with Crippen molar-refractivity contribution in [2.75, 3.05) is 18.0 Å².